The molecule has 1 aliphatic rings. The lowest BCUT2D eigenvalue weighted by Gasteiger charge is -2.26. The smallest absolute Gasteiger partial charge is 0.239 e. The molecule has 0 aromatic carbocycles. The molecule has 5 heteroatoms. The molecule has 0 spiro atoms. The number of rotatable bonds is 3. The Kier molecular flexibility index (Phi) is 3.78. The van der Waals surface area contributed by atoms with Gasteiger partial charge in [-0.3, -0.25) is 4.79 Å². The van der Waals surface area contributed by atoms with E-state index in [-0.39, 0.29) is 11.9 Å². The van der Waals surface area contributed by atoms with E-state index in [4.69, 9.17) is 4.52 Å². The Hall–Kier alpha value is -1.36. The first-order valence-corrected chi connectivity index (χ1v) is 6.07. The molecule has 0 aliphatic carbocycles. The van der Waals surface area contributed by atoms with Crippen LogP contribution in [0.15, 0.2) is 10.6 Å². The van der Waals surface area contributed by atoms with Crippen molar-refractivity contribution in [3.05, 3.63) is 17.5 Å². The lowest BCUT2D eigenvalue weighted by molar-refractivity contribution is -0.133. The highest BCUT2D eigenvalue weighted by Gasteiger charge is 2.23. The van der Waals surface area contributed by atoms with Gasteiger partial charge >= 0.3 is 0 Å². The highest BCUT2D eigenvalue weighted by Crippen LogP contribution is 2.11. The average Bonchev–Trinajstić information content (AvgIpc) is 2.75. The van der Waals surface area contributed by atoms with Crippen molar-refractivity contribution in [1.29, 1.82) is 0 Å². The van der Waals surface area contributed by atoms with Gasteiger partial charge in [0.15, 0.2) is 0 Å². The number of aryl methyl sites for hydroxylation is 1. The standard InChI is InChI=1S/C12H19N3O2/c1-9-7-10(14-17-9)8-15(2)12(16)11-5-3-4-6-13-11/h7,11,13H,3-6,8H2,1-2H3/t11-/m1/s1. The van der Waals surface area contributed by atoms with Gasteiger partial charge in [0.05, 0.1) is 12.6 Å². The van der Waals surface area contributed by atoms with E-state index in [1.54, 1.807) is 4.90 Å². The Bertz CT molecular complexity index is 383. The number of piperidine rings is 1. The summed E-state index contributed by atoms with van der Waals surface area (Å²) in [6, 6.07) is 1.83. The average molecular weight is 237 g/mol. The second kappa shape index (κ2) is 5.31. The maximum atomic E-state index is 12.1. The quantitative estimate of drug-likeness (QED) is 0.854. The molecule has 0 unspecified atom stereocenters. The summed E-state index contributed by atoms with van der Waals surface area (Å²) in [5.74, 6) is 0.919. The summed E-state index contributed by atoms with van der Waals surface area (Å²) in [7, 11) is 1.81. The predicted molar refractivity (Wildman–Crippen MR) is 63.4 cm³/mol. The van der Waals surface area contributed by atoms with E-state index in [1.807, 2.05) is 20.0 Å². The molecular weight excluding hydrogens is 218 g/mol. The number of amides is 1. The highest BCUT2D eigenvalue weighted by molar-refractivity contribution is 5.81. The van der Waals surface area contributed by atoms with Gasteiger partial charge in [0.25, 0.3) is 0 Å². The van der Waals surface area contributed by atoms with Crippen molar-refractivity contribution in [2.75, 3.05) is 13.6 Å². The molecule has 1 aromatic rings. The SMILES string of the molecule is Cc1cc(CN(C)C(=O)[C@H]2CCCCN2)no1. The molecule has 2 rings (SSSR count). The van der Waals surface area contributed by atoms with E-state index in [9.17, 15) is 4.79 Å². The Labute approximate surface area is 101 Å². The largest absolute Gasteiger partial charge is 0.361 e. The van der Waals surface area contributed by atoms with Crippen LogP contribution in [0.3, 0.4) is 0 Å². The third kappa shape index (κ3) is 3.06. The van der Waals surface area contributed by atoms with Crippen molar-refractivity contribution in [1.82, 2.24) is 15.4 Å². The van der Waals surface area contributed by atoms with E-state index in [2.05, 4.69) is 10.5 Å². The Morgan fingerprint density at radius 1 is 1.65 bits per heavy atom. The fraction of sp³-hybridized carbons (Fsp3) is 0.667. The molecule has 1 saturated heterocycles. The van der Waals surface area contributed by atoms with Crippen molar-refractivity contribution in [2.24, 2.45) is 0 Å². The van der Waals surface area contributed by atoms with Gasteiger partial charge in [-0.25, -0.2) is 0 Å². The van der Waals surface area contributed by atoms with Gasteiger partial charge in [0, 0.05) is 13.1 Å². The molecule has 94 valence electrons. The third-order valence-electron chi connectivity index (χ3n) is 3.06. The summed E-state index contributed by atoms with van der Waals surface area (Å²) in [5.41, 5.74) is 0.800. The Morgan fingerprint density at radius 2 is 2.47 bits per heavy atom. The Morgan fingerprint density at radius 3 is 3.06 bits per heavy atom. The zero-order valence-electron chi connectivity index (χ0n) is 10.4. The zero-order valence-corrected chi connectivity index (χ0v) is 10.4. The van der Waals surface area contributed by atoms with Crippen LogP contribution in [-0.2, 0) is 11.3 Å². The minimum Gasteiger partial charge on any atom is -0.361 e. The number of hydrogen-bond donors (Lipinski definition) is 1. The minimum atomic E-state index is -0.0262. The molecule has 1 fully saturated rings. The molecule has 0 bridgehead atoms. The molecule has 1 aromatic heterocycles. The van der Waals surface area contributed by atoms with Crippen LogP contribution in [-0.4, -0.2) is 35.6 Å². The summed E-state index contributed by atoms with van der Waals surface area (Å²) in [4.78, 5) is 13.8. The van der Waals surface area contributed by atoms with Crippen LogP contribution >= 0.6 is 0 Å². The summed E-state index contributed by atoms with van der Waals surface area (Å²) in [6.45, 7) is 3.29. The fourth-order valence-corrected chi connectivity index (χ4v) is 2.14. The maximum Gasteiger partial charge on any atom is 0.239 e. The minimum absolute atomic E-state index is 0.0262. The van der Waals surface area contributed by atoms with E-state index in [0.717, 1.165) is 37.3 Å². The van der Waals surface area contributed by atoms with Crippen molar-refractivity contribution in [3.8, 4) is 0 Å². The topological polar surface area (TPSA) is 58.4 Å². The molecule has 1 aliphatic heterocycles. The number of carbonyl (C=O) groups is 1. The van der Waals surface area contributed by atoms with Gasteiger partial charge in [-0.05, 0) is 26.3 Å². The summed E-state index contributed by atoms with van der Waals surface area (Å²) >= 11 is 0. The van der Waals surface area contributed by atoms with E-state index < -0.39 is 0 Å². The van der Waals surface area contributed by atoms with Crippen LogP contribution in [0, 0.1) is 6.92 Å². The van der Waals surface area contributed by atoms with Gasteiger partial charge in [0.1, 0.15) is 11.5 Å². The highest BCUT2D eigenvalue weighted by atomic mass is 16.5. The molecule has 1 amide bonds. The summed E-state index contributed by atoms with van der Waals surface area (Å²) in [6.07, 6.45) is 3.22. The van der Waals surface area contributed by atoms with E-state index in [0.29, 0.717) is 6.54 Å². The molecule has 5 nitrogen and oxygen atoms in total. The molecule has 1 N–H and O–H groups in total. The van der Waals surface area contributed by atoms with Crippen LogP contribution in [0.1, 0.15) is 30.7 Å². The van der Waals surface area contributed by atoms with Crippen LogP contribution in [0.5, 0.6) is 0 Å². The monoisotopic (exact) mass is 237 g/mol. The molecule has 0 radical (unpaired) electrons. The molecule has 1 atom stereocenters. The number of likely N-dealkylation sites (N-methyl/N-ethyl adjacent to an activating group) is 1. The van der Waals surface area contributed by atoms with Crippen LogP contribution in [0.25, 0.3) is 0 Å². The number of carbonyl (C=O) groups excluding carboxylic acids is 1. The van der Waals surface area contributed by atoms with E-state index >= 15 is 0 Å². The predicted octanol–water partition coefficient (Wildman–Crippen LogP) is 1.08. The molecule has 0 saturated carbocycles. The maximum absolute atomic E-state index is 12.1. The lowest BCUT2D eigenvalue weighted by atomic mass is 10.0. The van der Waals surface area contributed by atoms with Gasteiger partial charge in [-0.2, -0.15) is 0 Å². The number of hydrogen-bond acceptors (Lipinski definition) is 4. The van der Waals surface area contributed by atoms with Gasteiger partial charge in [0.2, 0.25) is 5.91 Å². The van der Waals surface area contributed by atoms with Crippen molar-refractivity contribution < 1.29 is 9.32 Å². The lowest BCUT2D eigenvalue weighted by Crippen LogP contribution is -2.47. The number of nitrogens with one attached hydrogen (secondary N) is 1. The second-order valence-electron chi connectivity index (χ2n) is 4.63. The first kappa shape index (κ1) is 12.1. The second-order valence-corrected chi connectivity index (χ2v) is 4.63. The van der Waals surface area contributed by atoms with Crippen LogP contribution < -0.4 is 5.32 Å². The summed E-state index contributed by atoms with van der Waals surface area (Å²) < 4.78 is 4.99. The normalized spacial score (nSPS) is 20.2. The fourth-order valence-electron chi connectivity index (χ4n) is 2.14. The first-order chi connectivity index (χ1) is 8.16. The van der Waals surface area contributed by atoms with E-state index in [1.165, 1.54) is 0 Å². The van der Waals surface area contributed by atoms with Crippen molar-refractivity contribution in [2.45, 2.75) is 38.8 Å². The number of aromatic nitrogens is 1. The van der Waals surface area contributed by atoms with Crippen LogP contribution in [0.2, 0.25) is 0 Å². The van der Waals surface area contributed by atoms with Crippen molar-refractivity contribution >= 4 is 5.91 Å². The van der Waals surface area contributed by atoms with Crippen LogP contribution in [0.4, 0.5) is 0 Å². The van der Waals surface area contributed by atoms with Gasteiger partial charge < -0.3 is 14.7 Å². The number of nitrogens with zero attached hydrogens (tertiary/aromatic N) is 2. The molecular formula is C12H19N3O2. The van der Waals surface area contributed by atoms with Gasteiger partial charge in [-0.1, -0.05) is 11.6 Å². The molecule has 2 heterocycles. The zero-order chi connectivity index (χ0) is 12.3. The summed E-state index contributed by atoms with van der Waals surface area (Å²) in [5, 5.41) is 7.15. The Balaban J connectivity index is 1.90. The molecule has 17 heavy (non-hydrogen) atoms. The van der Waals surface area contributed by atoms with Gasteiger partial charge in [-0.15, -0.1) is 0 Å². The van der Waals surface area contributed by atoms with Crippen molar-refractivity contribution in [3.63, 3.8) is 0 Å². The first-order valence-electron chi connectivity index (χ1n) is 6.07. The third-order valence-corrected chi connectivity index (χ3v) is 3.06.